The molecule has 1 saturated carbocycles. The minimum atomic E-state index is -0.885. The number of aromatic amines is 1. The maximum absolute atomic E-state index is 12.9. The molecule has 1 amide bonds. The number of rotatable bonds is 7. The molecule has 0 atom stereocenters. The molecule has 1 aliphatic carbocycles. The number of halogens is 1. The molecule has 3 N–H and O–H groups in total. The van der Waals surface area contributed by atoms with Gasteiger partial charge in [-0.15, -0.1) is 5.10 Å². The first-order valence-corrected chi connectivity index (χ1v) is 11.8. The van der Waals surface area contributed by atoms with Crippen molar-refractivity contribution < 1.29 is 14.6 Å². The maximum atomic E-state index is 12.9. The van der Waals surface area contributed by atoms with Crippen LogP contribution in [0.25, 0.3) is 17.2 Å². The zero-order valence-electron chi connectivity index (χ0n) is 18.8. The normalized spacial score (nSPS) is 14.8. The van der Waals surface area contributed by atoms with Gasteiger partial charge in [-0.1, -0.05) is 60.8 Å². The van der Waals surface area contributed by atoms with E-state index in [1.165, 1.54) is 10.6 Å². The summed E-state index contributed by atoms with van der Waals surface area (Å²) >= 11 is 6.32. The van der Waals surface area contributed by atoms with Crippen LogP contribution in [0.1, 0.15) is 41.7 Å². The first kappa shape index (κ1) is 23.1. The lowest BCUT2D eigenvalue weighted by molar-refractivity contribution is 0.0449. The fourth-order valence-electron chi connectivity index (χ4n) is 4.27. The minimum Gasteiger partial charge on any atom is -0.486 e. The molecule has 0 bridgehead atoms. The summed E-state index contributed by atoms with van der Waals surface area (Å²) in [5, 5.41) is 17.8. The quantitative estimate of drug-likeness (QED) is 0.363. The predicted molar refractivity (Wildman–Crippen MR) is 131 cm³/mol. The molecular weight excluding hydrogens is 470 g/mol. The second kappa shape index (κ2) is 9.52. The van der Waals surface area contributed by atoms with Gasteiger partial charge >= 0.3 is 0 Å². The number of aromatic nitrogens is 4. The van der Waals surface area contributed by atoms with Crippen LogP contribution in [0.2, 0.25) is 5.02 Å². The second-order valence-corrected chi connectivity index (χ2v) is 9.09. The molecule has 180 valence electrons. The van der Waals surface area contributed by atoms with Gasteiger partial charge in [-0.25, -0.2) is 0 Å². The maximum Gasteiger partial charge on any atom is 0.276 e. The third-order valence-electron chi connectivity index (χ3n) is 6.12. The molecule has 0 spiro atoms. The van der Waals surface area contributed by atoms with Crippen molar-refractivity contribution in [2.75, 3.05) is 6.54 Å². The highest BCUT2D eigenvalue weighted by Crippen LogP contribution is 2.30. The van der Waals surface area contributed by atoms with Gasteiger partial charge in [-0.3, -0.25) is 9.59 Å². The van der Waals surface area contributed by atoms with Crippen LogP contribution in [0.15, 0.2) is 59.4 Å². The molecular formula is C25H24ClN5O4. The number of nitrogens with one attached hydrogen (secondary N) is 2. The standard InChI is InChI=1S/C25H24ClN5O4/c26-18-9-6-10-19(21(18)23(33)27-15-25(34)11-4-5-12-25)35-14-17-13-20(32)31-24(28-17)29-22(30-31)16-7-2-1-3-8-16/h1-3,6-10,13,34H,4-5,11-12,14-15H2,(H,27,33)(H,28,29,30). The molecule has 1 aliphatic rings. The van der Waals surface area contributed by atoms with E-state index in [1.54, 1.807) is 18.2 Å². The van der Waals surface area contributed by atoms with Gasteiger partial charge in [0.25, 0.3) is 11.5 Å². The van der Waals surface area contributed by atoms with Crippen LogP contribution in [-0.2, 0) is 6.61 Å². The van der Waals surface area contributed by atoms with Crippen LogP contribution >= 0.6 is 11.6 Å². The van der Waals surface area contributed by atoms with E-state index in [0.717, 1.165) is 18.4 Å². The molecule has 0 radical (unpaired) electrons. The Kier molecular flexibility index (Phi) is 6.27. The largest absolute Gasteiger partial charge is 0.486 e. The number of hydrogen-bond donors (Lipinski definition) is 3. The van der Waals surface area contributed by atoms with Crippen LogP contribution in [0.4, 0.5) is 0 Å². The van der Waals surface area contributed by atoms with Crippen LogP contribution in [-0.4, -0.2) is 42.7 Å². The van der Waals surface area contributed by atoms with Crippen molar-refractivity contribution in [2.45, 2.75) is 37.9 Å². The summed E-state index contributed by atoms with van der Waals surface area (Å²) in [5.74, 6) is 0.541. The molecule has 2 aromatic carbocycles. The van der Waals surface area contributed by atoms with Crippen molar-refractivity contribution in [3.8, 4) is 17.1 Å². The molecule has 2 aromatic heterocycles. The number of amides is 1. The zero-order chi connectivity index (χ0) is 24.4. The molecule has 1 fully saturated rings. The Balaban J connectivity index is 1.34. The van der Waals surface area contributed by atoms with E-state index in [0.29, 0.717) is 24.4 Å². The molecule has 9 nitrogen and oxygen atoms in total. The lowest BCUT2D eigenvalue weighted by Gasteiger charge is -2.23. The predicted octanol–water partition coefficient (Wildman–Crippen LogP) is 3.35. The number of aliphatic hydroxyl groups is 1. The topological polar surface area (TPSA) is 122 Å². The van der Waals surface area contributed by atoms with Gasteiger partial charge < -0.3 is 20.1 Å². The SMILES string of the molecule is O=C(NCC1(O)CCCC1)c1c(Cl)cccc1OCc1cc(=O)n2nc(-c3ccccc3)nc2[nH]1. The number of ether oxygens (including phenoxy) is 1. The van der Waals surface area contributed by atoms with Gasteiger partial charge in [0.2, 0.25) is 5.78 Å². The molecule has 5 rings (SSSR count). The van der Waals surface area contributed by atoms with Crippen molar-refractivity contribution in [3.05, 3.63) is 81.2 Å². The fraction of sp³-hybridized carbons (Fsp3) is 0.280. The van der Waals surface area contributed by atoms with E-state index < -0.39 is 11.5 Å². The number of benzene rings is 2. The summed E-state index contributed by atoms with van der Waals surface area (Å²) in [6.07, 6.45) is 3.19. The number of carbonyl (C=O) groups is 1. The van der Waals surface area contributed by atoms with E-state index in [1.807, 2.05) is 30.3 Å². The van der Waals surface area contributed by atoms with Gasteiger partial charge in [0.15, 0.2) is 5.82 Å². The van der Waals surface area contributed by atoms with Crippen molar-refractivity contribution in [1.29, 1.82) is 0 Å². The molecule has 0 saturated heterocycles. The Hall–Kier alpha value is -3.69. The third-order valence-corrected chi connectivity index (χ3v) is 6.43. The first-order valence-electron chi connectivity index (χ1n) is 11.4. The summed E-state index contributed by atoms with van der Waals surface area (Å²) in [6.45, 7) is 0.126. The van der Waals surface area contributed by atoms with Crippen molar-refractivity contribution in [3.63, 3.8) is 0 Å². The van der Waals surface area contributed by atoms with Crippen molar-refractivity contribution >= 4 is 23.3 Å². The third kappa shape index (κ3) is 4.91. The molecule has 0 aliphatic heterocycles. The number of hydrogen-bond acceptors (Lipinski definition) is 6. The van der Waals surface area contributed by atoms with Gasteiger partial charge in [-0.05, 0) is 25.0 Å². The fourth-order valence-corrected chi connectivity index (χ4v) is 4.52. The number of nitrogens with zero attached hydrogens (tertiary/aromatic N) is 3. The van der Waals surface area contributed by atoms with Crippen LogP contribution in [0.5, 0.6) is 5.75 Å². The summed E-state index contributed by atoms with van der Waals surface area (Å²) in [7, 11) is 0. The summed E-state index contributed by atoms with van der Waals surface area (Å²) in [4.78, 5) is 33.0. The van der Waals surface area contributed by atoms with Gasteiger partial charge in [0, 0.05) is 18.2 Å². The van der Waals surface area contributed by atoms with Crippen LogP contribution in [0, 0.1) is 0 Å². The summed E-state index contributed by atoms with van der Waals surface area (Å²) < 4.78 is 7.07. The van der Waals surface area contributed by atoms with E-state index >= 15 is 0 Å². The van der Waals surface area contributed by atoms with Crippen LogP contribution < -0.4 is 15.6 Å². The number of H-pyrrole nitrogens is 1. The van der Waals surface area contributed by atoms with E-state index in [-0.39, 0.29) is 40.8 Å². The van der Waals surface area contributed by atoms with Crippen molar-refractivity contribution in [2.24, 2.45) is 0 Å². The summed E-state index contributed by atoms with van der Waals surface area (Å²) in [5.41, 5.74) is 0.178. The average molecular weight is 494 g/mol. The lowest BCUT2D eigenvalue weighted by atomic mass is 10.0. The molecule has 4 aromatic rings. The van der Waals surface area contributed by atoms with Crippen molar-refractivity contribution in [1.82, 2.24) is 24.9 Å². The highest BCUT2D eigenvalue weighted by atomic mass is 35.5. The van der Waals surface area contributed by atoms with Crippen LogP contribution in [0.3, 0.4) is 0 Å². The number of carbonyl (C=O) groups excluding carboxylic acids is 1. The zero-order valence-corrected chi connectivity index (χ0v) is 19.6. The summed E-state index contributed by atoms with van der Waals surface area (Å²) in [6, 6.07) is 15.6. The monoisotopic (exact) mass is 493 g/mol. The number of fused-ring (bicyclic) bond motifs is 1. The molecule has 0 unspecified atom stereocenters. The average Bonchev–Trinajstić information content (AvgIpc) is 3.49. The molecule has 10 heteroatoms. The highest BCUT2D eigenvalue weighted by molar-refractivity contribution is 6.34. The Labute approximate surface area is 205 Å². The highest BCUT2D eigenvalue weighted by Gasteiger charge is 2.32. The van der Waals surface area contributed by atoms with Gasteiger partial charge in [0.1, 0.15) is 12.4 Å². The van der Waals surface area contributed by atoms with E-state index in [4.69, 9.17) is 16.3 Å². The van der Waals surface area contributed by atoms with Gasteiger partial charge in [0.05, 0.1) is 21.9 Å². The Bertz CT molecular complexity index is 1430. The minimum absolute atomic E-state index is 0.0240. The van der Waals surface area contributed by atoms with E-state index in [2.05, 4.69) is 20.4 Å². The Morgan fingerprint density at radius 2 is 1.94 bits per heavy atom. The molecule has 35 heavy (non-hydrogen) atoms. The lowest BCUT2D eigenvalue weighted by Crippen LogP contribution is -2.40. The van der Waals surface area contributed by atoms with Gasteiger partial charge in [-0.2, -0.15) is 9.50 Å². The Morgan fingerprint density at radius 1 is 1.17 bits per heavy atom. The second-order valence-electron chi connectivity index (χ2n) is 8.69. The Morgan fingerprint density at radius 3 is 2.71 bits per heavy atom. The smallest absolute Gasteiger partial charge is 0.276 e. The first-order chi connectivity index (χ1) is 16.9. The molecule has 2 heterocycles. The van der Waals surface area contributed by atoms with E-state index in [9.17, 15) is 14.7 Å².